The highest BCUT2D eigenvalue weighted by atomic mass is 32.1. The predicted octanol–water partition coefficient (Wildman–Crippen LogP) is 3.86. The van der Waals surface area contributed by atoms with E-state index in [0.717, 1.165) is 37.6 Å². The molecule has 0 aliphatic rings. The van der Waals surface area contributed by atoms with Gasteiger partial charge in [0.25, 0.3) is 5.56 Å². The lowest BCUT2D eigenvalue weighted by Crippen LogP contribution is -2.24. The molecule has 3 aromatic heterocycles. The quantitative estimate of drug-likeness (QED) is 0.413. The maximum Gasteiger partial charge on any atom is 0.291 e. The Balaban J connectivity index is 1.51. The molecule has 0 N–H and O–H groups in total. The SMILES string of the molecule is COc1cccc(Cn2ncc3c4sc(Cc5ccc(C#N)cc5)nc4n(C)c3c2=O)c1. The number of aromatic nitrogens is 4. The smallest absolute Gasteiger partial charge is 0.291 e. The highest BCUT2D eigenvalue weighted by Gasteiger charge is 2.18. The lowest BCUT2D eigenvalue weighted by atomic mass is 10.1. The monoisotopic (exact) mass is 441 g/mol. The number of aryl methyl sites for hydroxylation is 1. The molecular weight excluding hydrogens is 422 g/mol. The van der Waals surface area contributed by atoms with Crippen LogP contribution in [0.1, 0.15) is 21.7 Å². The first kappa shape index (κ1) is 20.0. The van der Waals surface area contributed by atoms with Crippen molar-refractivity contribution in [1.82, 2.24) is 19.3 Å². The number of ether oxygens (including phenoxy) is 1. The zero-order valence-electron chi connectivity index (χ0n) is 17.6. The number of benzene rings is 2. The molecule has 0 fully saturated rings. The van der Waals surface area contributed by atoms with Crippen LogP contribution in [0.15, 0.2) is 59.5 Å². The van der Waals surface area contributed by atoms with Crippen molar-refractivity contribution in [2.24, 2.45) is 7.05 Å². The van der Waals surface area contributed by atoms with Gasteiger partial charge in [0.1, 0.15) is 16.3 Å². The molecule has 7 nitrogen and oxygen atoms in total. The van der Waals surface area contributed by atoms with Crippen molar-refractivity contribution in [2.75, 3.05) is 7.11 Å². The highest BCUT2D eigenvalue weighted by Crippen LogP contribution is 2.31. The Hall–Kier alpha value is -3.96. The van der Waals surface area contributed by atoms with Crippen LogP contribution in [0.25, 0.3) is 21.3 Å². The second-order valence-electron chi connectivity index (χ2n) is 7.53. The first-order valence-electron chi connectivity index (χ1n) is 10.0. The molecule has 2 aromatic carbocycles. The lowest BCUT2D eigenvalue weighted by molar-refractivity contribution is 0.414. The molecule has 0 radical (unpaired) electrons. The fourth-order valence-electron chi connectivity index (χ4n) is 3.84. The molecule has 0 spiro atoms. The Labute approximate surface area is 187 Å². The molecule has 32 heavy (non-hydrogen) atoms. The standard InChI is InChI=1S/C24H19N5O2S/c1-28-21-19(13-26-29(24(21)30)14-17-4-3-5-18(10-17)31-2)22-23(28)27-20(32-22)11-15-6-8-16(12-25)9-7-15/h3-10,13H,11,14H2,1-2H3. The Morgan fingerprint density at radius 2 is 1.97 bits per heavy atom. The Morgan fingerprint density at radius 3 is 2.72 bits per heavy atom. The average molecular weight is 442 g/mol. The summed E-state index contributed by atoms with van der Waals surface area (Å²) in [5, 5.41) is 15.2. The third kappa shape index (κ3) is 3.43. The number of hydrogen-bond acceptors (Lipinski definition) is 6. The normalized spacial score (nSPS) is 11.2. The molecule has 5 rings (SSSR count). The van der Waals surface area contributed by atoms with Gasteiger partial charge in [-0.05, 0) is 35.4 Å². The van der Waals surface area contributed by atoms with E-state index in [2.05, 4.69) is 11.2 Å². The Bertz CT molecular complexity index is 1550. The van der Waals surface area contributed by atoms with Gasteiger partial charge in [-0.1, -0.05) is 24.3 Å². The summed E-state index contributed by atoms with van der Waals surface area (Å²) in [6, 6.07) is 17.3. The van der Waals surface area contributed by atoms with Crippen molar-refractivity contribution >= 4 is 32.6 Å². The minimum Gasteiger partial charge on any atom is -0.497 e. The molecule has 0 unspecified atom stereocenters. The molecule has 0 amide bonds. The summed E-state index contributed by atoms with van der Waals surface area (Å²) in [5.74, 6) is 0.745. The second kappa shape index (κ2) is 7.94. The summed E-state index contributed by atoms with van der Waals surface area (Å²) in [7, 11) is 3.49. The van der Waals surface area contributed by atoms with E-state index in [9.17, 15) is 4.79 Å². The van der Waals surface area contributed by atoms with Crippen LogP contribution in [0.2, 0.25) is 0 Å². The fraction of sp³-hybridized carbons (Fsp3) is 0.167. The maximum absolute atomic E-state index is 13.2. The highest BCUT2D eigenvalue weighted by molar-refractivity contribution is 7.19. The summed E-state index contributed by atoms with van der Waals surface area (Å²) >= 11 is 1.57. The fourth-order valence-corrected chi connectivity index (χ4v) is 4.98. The van der Waals surface area contributed by atoms with Crippen LogP contribution in [-0.2, 0) is 20.0 Å². The predicted molar refractivity (Wildman–Crippen MR) is 124 cm³/mol. The first-order valence-corrected chi connectivity index (χ1v) is 10.8. The second-order valence-corrected chi connectivity index (χ2v) is 8.61. The van der Waals surface area contributed by atoms with Gasteiger partial charge in [0.2, 0.25) is 0 Å². The lowest BCUT2D eigenvalue weighted by Gasteiger charge is -2.07. The zero-order valence-corrected chi connectivity index (χ0v) is 18.4. The summed E-state index contributed by atoms with van der Waals surface area (Å²) in [6.07, 6.45) is 2.43. The van der Waals surface area contributed by atoms with Crippen molar-refractivity contribution in [2.45, 2.75) is 13.0 Å². The van der Waals surface area contributed by atoms with Crippen molar-refractivity contribution in [3.8, 4) is 11.8 Å². The molecule has 0 aliphatic heterocycles. The molecule has 0 saturated carbocycles. The van der Waals surface area contributed by atoms with Crippen LogP contribution in [0.5, 0.6) is 5.75 Å². The first-order chi connectivity index (χ1) is 15.6. The van der Waals surface area contributed by atoms with Gasteiger partial charge >= 0.3 is 0 Å². The van der Waals surface area contributed by atoms with Crippen molar-refractivity contribution in [3.05, 3.63) is 86.8 Å². The van der Waals surface area contributed by atoms with E-state index in [1.165, 1.54) is 4.68 Å². The number of fused-ring (bicyclic) bond motifs is 3. The molecule has 0 saturated heterocycles. The molecule has 3 heterocycles. The van der Waals surface area contributed by atoms with E-state index in [1.54, 1.807) is 24.6 Å². The van der Waals surface area contributed by atoms with Crippen molar-refractivity contribution < 1.29 is 4.74 Å². The van der Waals surface area contributed by atoms with E-state index < -0.39 is 0 Å². The molecular formula is C24H19N5O2S. The van der Waals surface area contributed by atoms with Gasteiger partial charge in [-0.15, -0.1) is 11.3 Å². The molecule has 158 valence electrons. The minimum absolute atomic E-state index is 0.147. The van der Waals surface area contributed by atoms with E-state index in [-0.39, 0.29) is 5.56 Å². The van der Waals surface area contributed by atoms with Crippen molar-refractivity contribution in [1.29, 1.82) is 5.26 Å². The Kier molecular flexibility index (Phi) is 4.96. The minimum atomic E-state index is -0.147. The topological polar surface area (TPSA) is 85.7 Å². The Morgan fingerprint density at radius 1 is 1.16 bits per heavy atom. The largest absolute Gasteiger partial charge is 0.497 e. The number of hydrogen-bond donors (Lipinski definition) is 0. The zero-order chi connectivity index (χ0) is 22.2. The molecule has 0 bridgehead atoms. The van der Waals surface area contributed by atoms with Crippen LogP contribution < -0.4 is 10.3 Å². The summed E-state index contributed by atoms with van der Waals surface area (Å²) < 4.78 is 9.56. The van der Waals surface area contributed by atoms with E-state index in [0.29, 0.717) is 24.0 Å². The summed E-state index contributed by atoms with van der Waals surface area (Å²) in [4.78, 5) is 18.0. The summed E-state index contributed by atoms with van der Waals surface area (Å²) in [6.45, 7) is 0.363. The van der Waals surface area contributed by atoms with Gasteiger partial charge in [0.15, 0.2) is 5.65 Å². The van der Waals surface area contributed by atoms with Gasteiger partial charge in [-0.3, -0.25) is 4.79 Å². The van der Waals surface area contributed by atoms with Crippen LogP contribution in [0, 0.1) is 11.3 Å². The summed E-state index contributed by atoms with van der Waals surface area (Å²) in [5.41, 5.74) is 3.91. The van der Waals surface area contributed by atoms with Crippen LogP contribution in [0.3, 0.4) is 0 Å². The number of nitrogens with zero attached hydrogens (tertiary/aromatic N) is 5. The van der Waals surface area contributed by atoms with E-state index in [1.807, 2.05) is 60.1 Å². The van der Waals surface area contributed by atoms with Gasteiger partial charge in [-0.2, -0.15) is 10.4 Å². The average Bonchev–Trinajstić information content (AvgIpc) is 3.34. The van der Waals surface area contributed by atoms with Gasteiger partial charge in [0.05, 0.1) is 36.2 Å². The third-order valence-corrected chi connectivity index (χ3v) is 6.55. The third-order valence-electron chi connectivity index (χ3n) is 5.47. The molecule has 8 heteroatoms. The van der Waals surface area contributed by atoms with Crippen LogP contribution >= 0.6 is 11.3 Å². The van der Waals surface area contributed by atoms with Gasteiger partial charge in [-0.25, -0.2) is 9.67 Å². The maximum atomic E-state index is 13.2. The van der Waals surface area contributed by atoms with Crippen LogP contribution in [-0.4, -0.2) is 26.4 Å². The van der Waals surface area contributed by atoms with Gasteiger partial charge in [0, 0.05) is 18.9 Å². The van der Waals surface area contributed by atoms with Crippen molar-refractivity contribution in [3.63, 3.8) is 0 Å². The number of rotatable bonds is 5. The number of methoxy groups -OCH3 is 1. The van der Waals surface area contributed by atoms with Gasteiger partial charge < -0.3 is 9.30 Å². The molecule has 5 aromatic rings. The molecule has 0 atom stereocenters. The van der Waals surface area contributed by atoms with Crippen LogP contribution in [0.4, 0.5) is 0 Å². The number of nitriles is 1. The van der Waals surface area contributed by atoms with E-state index >= 15 is 0 Å². The van der Waals surface area contributed by atoms with E-state index in [4.69, 9.17) is 15.0 Å². The number of thiazole rings is 1. The molecule has 0 aliphatic carbocycles.